The predicted molar refractivity (Wildman–Crippen MR) is 131 cm³/mol. The molecule has 0 radical (unpaired) electrons. The zero-order valence-electron chi connectivity index (χ0n) is 19.9. The number of nitrogens with zero attached hydrogens (tertiary/aromatic N) is 3. The first-order chi connectivity index (χ1) is 16.5. The molecule has 1 unspecified atom stereocenters. The van der Waals surface area contributed by atoms with Crippen molar-refractivity contribution in [3.8, 4) is 11.5 Å². The number of ether oxygens (including phenoxy) is 3. The number of fused-ring (bicyclic) bond motifs is 1. The van der Waals surface area contributed by atoms with Gasteiger partial charge in [-0.15, -0.1) is 5.10 Å². The lowest BCUT2D eigenvalue weighted by atomic mass is 9.95. The number of rotatable bonds is 8. The highest BCUT2D eigenvalue weighted by Gasteiger charge is 2.35. The van der Waals surface area contributed by atoms with Crippen LogP contribution in [0, 0.1) is 6.92 Å². The summed E-state index contributed by atoms with van der Waals surface area (Å²) in [6.45, 7) is 6.00. The van der Waals surface area contributed by atoms with E-state index in [9.17, 15) is 4.79 Å². The lowest BCUT2D eigenvalue weighted by Gasteiger charge is -2.28. The summed E-state index contributed by atoms with van der Waals surface area (Å²) in [6.07, 6.45) is 0. The molecule has 0 bridgehead atoms. The van der Waals surface area contributed by atoms with Crippen molar-refractivity contribution in [2.75, 3.05) is 26.1 Å². The number of hydrogen-bond acceptors (Lipinski definition) is 8. The van der Waals surface area contributed by atoms with Crippen LogP contribution in [0.2, 0.25) is 0 Å². The minimum absolute atomic E-state index is 0.274. The molecule has 0 aliphatic carbocycles. The molecule has 0 spiro atoms. The first kappa shape index (κ1) is 23.7. The number of esters is 1. The highest BCUT2D eigenvalue weighted by molar-refractivity contribution is 7.98. The first-order valence-corrected chi connectivity index (χ1v) is 12.0. The number of carbonyl (C=O) groups is 1. The molecule has 1 N–H and O–H groups in total. The SMILES string of the molecule is CCOC(=O)C1=C(C)Nc2nc(SCc3ccccc3C)nn2C1c1ccc(OC)c(OC)c1. The summed E-state index contributed by atoms with van der Waals surface area (Å²) in [4.78, 5) is 17.7. The van der Waals surface area contributed by atoms with Crippen molar-refractivity contribution >= 4 is 23.7 Å². The molecule has 4 rings (SSSR count). The highest BCUT2D eigenvalue weighted by Crippen LogP contribution is 2.40. The van der Waals surface area contributed by atoms with Crippen LogP contribution >= 0.6 is 11.8 Å². The van der Waals surface area contributed by atoms with Gasteiger partial charge in [-0.3, -0.25) is 0 Å². The van der Waals surface area contributed by atoms with Gasteiger partial charge in [0.2, 0.25) is 11.1 Å². The second-order valence-corrected chi connectivity index (χ2v) is 8.72. The Morgan fingerprint density at radius 3 is 2.59 bits per heavy atom. The molecule has 0 saturated heterocycles. The number of nitrogens with one attached hydrogen (secondary N) is 1. The molecule has 0 saturated carbocycles. The van der Waals surface area contributed by atoms with Crippen molar-refractivity contribution in [2.24, 2.45) is 0 Å². The molecule has 3 aromatic rings. The minimum Gasteiger partial charge on any atom is -0.493 e. The third kappa shape index (κ3) is 4.61. The van der Waals surface area contributed by atoms with Gasteiger partial charge in [-0.05, 0) is 49.6 Å². The fourth-order valence-electron chi connectivity index (χ4n) is 3.91. The van der Waals surface area contributed by atoms with Crippen LogP contribution in [0.3, 0.4) is 0 Å². The van der Waals surface area contributed by atoms with Gasteiger partial charge in [0.15, 0.2) is 11.5 Å². The predicted octanol–water partition coefficient (Wildman–Crippen LogP) is 4.75. The van der Waals surface area contributed by atoms with Crippen molar-refractivity contribution in [3.05, 3.63) is 70.4 Å². The third-order valence-corrected chi connectivity index (χ3v) is 6.56. The fraction of sp³-hybridized carbons (Fsp3) is 0.320. The summed E-state index contributed by atoms with van der Waals surface area (Å²) >= 11 is 1.55. The van der Waals surface area contributed by atoms with Crippen LogP contribution in [0.1, 0.15) is 36.6 Å². The number of allylic oxidation sites excluding steroid dienone is 1. The molecule has 1 aliphatic rings. The molecular formula is C25H28N4O4S. The Hall–Kier alpha value is -3.46. The maximum Gasteiger partial charge on any atom is 0.338 e. The van der Waals surface area contributed by atoms with Crippen LogP contribution < -0.4 is 14.8 Å². The number of aromatic nitrogens is 3. The number of anilines is 1. The van der Waals surface area contributed by atoms with Crippen molar-refractivity contribution in [1.29, 1.82) is 0 Å². The summed E-state index contributed by atoms with van der Waals surface area (Å²) < 4.78 is 18.0. The van der Waals surface area contributed by atoms with Crippen LogP contribution in [-0.4, -0.2) is 41.6 Å². The maximum absolute atomic E-state index is 13.0. The van der Waals surface area contributed by atoms with Crippen LogP contribution in [0.15, 0.2) is 58.9 Å². The van der Waals surface area contributed by atoms with E-state index >= 15 is 0 Å². The largest absolute Gasteiger partial charge is 0.493 e. The lowest BCUT2D eigenvalue weighted by molar-refractivity contribution is -0.139. The average molecular weight is 481 g/mol. The van der Waals surface area contributed by atoms with E-state index in [0.29, 0.717) is 33.9 Å². The smallest absolute Gasteiger partial charge is 0.338 e. The van der Waals surface area contributed by atoms with Gasteiger partial charge in [0.05, 0.1) is 26.4 Å². The van der Waals surface area contributed by atoms with E-state index in [1.165, 1.54) is 11.1 Å². The fourth-order valence-corrected chi connectivity index (χ4v) is 4.82. The number of methoxy groups -OCH3 is 2. The molecule has 34 heavy (non-hydrogen) atoms. The second kappa shape index (κ2) is 10.2. The highest BCUT2D eigenvalue weighted by atomic mass is 32.2. The topological polar surface area (TPSA) is 87.5 Å². The maximum atomic E-state index is 13.0. The number of benzene rings is 2. The summed E-state index contributed by atoms with van der Waals surface area (Å²) in [7, 11) is 3.17. The minimum atomic E-state index is -0.532. The quantitative estimate of drug-likeness (QED) is 0.365. The molecule has 1 aliphatic heterocycles. The Morgan fingerprint density at radius 1 is 1.12 bits per heavy atom. The number of thioether (sulfide) groups is 1. The van der Waals surface area contributed by atoms with E-state index in [1.807, 2.05) is 37.3 Å². The molecule has 178 valence electrons. The molecular weight excluding hydrogens is 452 g/mol. The molecule has 1 atom stereocenters. The molecule has 0 amide bonds. The molecule has 1 aromatic heterocycles. The van der Waals surface area contributed by atoms with Gasteiger partial charge in [-0.1, -0.05) is 42.1 Å². The monoisotopic (exact) mass is 480 g/mol. The van der Waals surface area contributed by atoms with Crippen molar-refractivity contribution in [2.45, 2.75) is 37.7 Å². The number of hydrogen-bond donors (Lipinski definition) is 1. The Morgan fingerprint density at radius 2 is 1.88 bits per heavy atom. The average Bonchev–Trinajstić information content (AvgIpc) is 3.24. The van der Waals surface area contributed by atoms with Crippen molar-refractivity contribution < 1.29 is 19.0 Å². The van der Waals surface area contributed by atoms with Gasteiger partial charge in [-0.2, -0.15) is 4.98 Å². The van der Waals surface area contributed by atoms with E-state index in [1.54, 1.807) is 37.6 Å². The Balaban J connectivity index is 1.74. The molecule has 2 aromatic carbocycles. The number of carbonyl (C=O) groups excluding carboxylic acids is 1. The lowest BCUT2D eigenvalue weighted by Crippen LogP contribution is -2.29. The molecule has 0 fully saturated rings. The summed E-state index contributed by atoms with van der Waals surface area (Å²) in [6, 6.07) is 13.3. The van der Waals surface area contributed by atoms with Crippen LogP contribution in [-0.2, 0) is 15.3 Å². The first-order valence-electron chi connectivity index (χ1n) is 11.0. The van der Waals surface area contributed by atoms with E-state index in [2.05, 4.69) is 24.4 Å². The molecule has 9 heteroatoms. The number of aryl methyl sites for hydroxylation is 1. The zero-order valence-corrected chi connectivity index (χ0v) is 20.7. The van der Waals surface area contributed by atoms with Gasteiger partial charge in [0.25, 0.3) is 0 Å². The normalized spacial score (nSPS) is 14.9. The van der Waals surface area contributed by atoms with E-state index < -0.39 is 12.0 Å². The van der Waals surface area contributed by atoms with Crippen LogP contribution in [0.4, 0.5) is 5.95 Å². The van der Waals surface area contributed by atoms with Gasteiger partial charge in [0, 0.05) is 11.4 Å². The van der Waals surface area contributed by atoms with Gasteiger partial charge < -0.3 is 19.5 Å². The molecule has 2 heterocycles. The van der Waals surface area contributed by atoms with Crippen LogP contribution in [0.25, 0.3) is 0 Å². The zero-order chi connectivity index (χ0) is 24.2. The van der Waals surface area contributed by atoms with E-state index in [-0.39, 0.29) is 6.61 Å². The van der Waals surface area contributed by atoms with Crippen molar-refractivity contribution in [3.63, 3.8) is 0 Å². The van der Waals surface area contributed by atoms with Gasteiger partial charge >= 0.3 is 5.97 Å². The standard InChI is InChI=1S/C25H28N4O4S/c1-6-33-23(30)21-16(3)26-24-27-25(34-14-18-10-8-7-9-15(18)2)28-29(24)22(21)17-11-12-19(31-4)20(13-17)32-5/h7-13,22H,6,14H2,1-5H3,(H,26,27,28). The van der Waals surface area contributed by atoms with Gasteiger partial charge in [-0.25, -0.2) is 9.48 Å². The molecule has 8 nitrogen and oxygen atoms in total. The van der Waals surface area contributed by atoms with Gasteiger partial charge in [0.1, 0.15) is 6.04 Å². The van der Waals surface area contributed by atoms with Crippen molar-refractivity contribution in [1.82, 2.24) is 14.8 Å². The Bertz CT molecular complexity index is 1240. The Kier molecular flexibility index (Phi) is 7.12. The summed E-state index contributed by atoms with van der Waals surface area (Å²) in [5.41, 5.74) is 4.41. The summed E-state index contributed by atoms with van der Waals surface area (Å²) in [5.74, 6) is 2.08. The van der Waals surface area contributed by atoms with Crippen LogP contribution in [0.5, 0.6) is 11.5 Å². The summed E-state index contributed by atoms with van der Waals surface area (Å²) in [5, 5.41) is 8.62. The third-order valence-electron chi connectivity index (χ3n) is 5.67. The second-order valence-electron chi connectivity index (χ2n) is 7.78. The van der Waals surface area contributed by atoms with E-state index in [4.69, 9.17) is 24.3 Å². The van der Waals surface area contributed by atoms with E-state index in [0.717, 1.165) is 11.3 Å². The Labute approximate surface area is 203 Å².